The van der Waals surface area contributed by atoms with E-state index in [0.29, 0.717) is 11.0 Å². The molecule has 1 saturated heterocycles. The standard InChI is InChI=1S/C22H35FN2/c1-5-19-8-9-20(17-21(19)23)24-13-6-7-18-10-14-25(15-11-18)16-12-22(2,3)4/h5,8-9,17-18,24H,1,6-7,10-16H2,2-4H3. The Labute approximate surface area is 153 Å². The lowest BCUT2D eigenvalue weighted by molar-refractivity contribution is 0.159. The van der Waals surface area contributed by atoms with Crippen molar-refractivity contribution in [3.05, 3.63) is 36.2 Å². The minimum atomic E-state index is -0.206. The number of halogens is 1. The van der Waals surface area contributed by atoms with Gasteiger partial charge in [0, 0.05) is 17.8 Å². The topological polar surface area (TPSA) is 15.3 Å². The molecule has 0 atom stereocenters. The van der Waals surface area contributed by atoms with Crippen molar-refractivity contribution in [2.75, 3.05) is 31.5 Å². The van der Waals surface area contributed by atoms with E-state index in [9.17, 15) is 4.39 Å². The van der Waals surface area contributed by atoms with Crippen LogP contribution >= 0.6 is 0 Å². The van der Waals surface area contributed by atoms with Gasteiger partial charge in [-0.1, -0.05) is 39.5 Å². The zero-order valence-electron chi connectivity index (χ0n) is 16.3. The summed E-state index contributed by atoms with van der Waals surface area (Å²) in [5.41, 5.74) is 1.86. The van der Waals surface area contributed by atoms with Gasteiger partial charge >= 0.3 is 0 Å². The lowest BCUT2D eigenvalue weighted by atomic mass is 9.89. The Morgan fingerprint density at radius 2 is 2.00 bits per heavy atom. The van der Waals surface area contributed by atoms with Gasteiger partial charge in [-0.2, -0.15) is 0 Å². The number of hydrogen-bond acceptors (Lipinski definition) is 2. The van der Waals surface area contributed by atoms with E-state index >= 15 is 0 Å². The molecule has 3 heteroatoms. The monoisotopic (exact) mass is 346 g/mol. The average Bonchev–Trinajstić information content (AvgIpc) is 2.57. The van der Waals surface area contributed by atoms with Gasteiger partial charge in [0.1, 0.15) is 5.82 Å². The van der Waals surface area contributed by atoms with Gasteiger partial charge in [0.15, 0.2) is 0 Å². The van der Waals surface area contributed by atoms with Crippen molar-refractivity contribution in [2.45, 2.75) is 52.9 Å². The summed E-state index contributed by atoms with van der Waals surface area (Å²) in [5.74, 6) is 0.648. The highest BCUT2D eigenvalue weighted by molar-refractivity contribution is 5.54. The van der Waals surface area contributed by atoms with Gasteiger partial charge in [-0.05, 0) is 75.2 Å². The Kier molecular flexibility index (Phi) is 7.49. The molecule has 0 saturated carbocycles. The Bertz CT molecular complexity index is 539. The van der Waals surface area contributed by atoms with Crippen LogP contribution in [0.4, 0.5) is 10.1 Å². The molecule has 2 rings (SSSR count). The van der Waals surface area contributed by atoms with E-state index in [4.69, 9.17) is 0 Å². The predicted octanol–water partition coefficient (Wildman–Crippen LogP) is 5.81. The van der Waals surface area contributed by atoms with Gasteiger partial charge < -0.3 is 10.2 Å². The molecule has 1 aliphatic heterocycles. The second-order valence-electron chi connectivity index (χ2n) is 8.61. The summed E-state index contributed by atoms with van der Waals surface area (Å²) in [6.07, 6.45) is 7.90. The SMILES string of the molecule is C=Cc1ccc(NCCCC2CCN(CCC(C)(C)C)CC2)cc1F. The van der Waals surface area contributed by atoms with Gasteiger partial charge in [-0.3, -0.25) is 0 Å². The van der Waals surface area contributed by atoms with Crippen LogP contribution < -0.4 is 5.32 Å². The molecule has 1 N–H and O–H groups in total. The van der Waals surface area contributed by atoms with E-state index in [-0.39, 0.29) is 5.82 Å². The van der Waals surface area contributed by atoms with Crippen LogP contribution in [0, 0.1) is 17.2 Å². The van der Waals surface area contributed by atoms with Gasteiger partial charge in [0.25, 0.3) is 0 Å². The number of anilines is 1. The lowest BCUT2D eigenvalue weighted by Crippen LogP contribution is -2.35. The average molecular weight is 347 g/mol. The number of piperidine rings is 1. The first kappa shape index (κ1) is 20.0. The molecule has 0 unspecified atom stereocenters. The summed E-state index contributed by atoms with van der Waals surface area (Å²) < 4.78 is 13.7. The van der Waals surface area contributed by atoms with E-state index in [0.717, 1.165) is 24.6 Å². The number of nitrogens with zero attached hydrogens (tertiary/aromatic N) is 1. The van der Waals surface area contributed by atoms with Gasteiger partial charge in [-0.15, -0.1) is 0 Å². The van der Waals surface area contributed by atoms with Crippen LogP contribution in [0.1, 0.15) is 58.4 Å². The second-order valence-corrected chi connectivity index (χ2v) is 8.61. The summed E-state index contributed by atoms with van der Waals surface area (Å²) in [5, 5.41) is 3.34. The molecule has 1 aromatic carbocycles. The van der Waals surface area contributed by atoms with Crippen LogP contribution in [0.5, 0.6) is 0 Å². The number of hydrogen-bond donors (Lipinski definition) is 1. The smallest absolute Gasteiger partial charge is 0.132 e. The summed E-state index contributed by atoms with van der Waals surface area (Å²) in [7, 11) is 0. The zero-order chi connectivity index (χ0) is 18.3. The molecule has 0 aliphatic carbocycles. The third-order valence-electron chi connectivity index (χ3n) is 5.22. The third kappa shape index (κ3) is 7.19. The summed E-state index contributed by atoms with van der Waals surface area (Å²) in [6.45, 7) is 15.2. The van der Waals surface area contributed by atoms with Crippen molar-refractivity contribution in [1.82, 2.24) is 4.90 Å². The normalized spacial score (nSPS) is 16.8. The van der Waals surface area contributed by atoms with Gasteiger partial charge in [0.05, 0.1) is 0 Å². The Morgan fingerprint density at radius 1 is 1.28 bits per heavy atom. The maximum Gasteiger partial charge on any atom is 0.132 e. The van der Waals surface area contributed by atoms with E-state index in [1.807, 2.05) is 6.07 Å². The molecule has 0 radical (unpaired) electrons. The minimum absolute atomic E-state index is 0.206. The van der Waals surface area contributed by atoms with Crippen LogP contribution in [0.15, 0.2) is 24.8 Å². The van der Waals surface area contributed by atoms with Crippen molar-refractivity contribution in [3.63, 3.8) is 0 Å². The summed E-state index contributed by atoms with van der Waals surface area (Å²) in [4.78, 5) is 2.63. The van der Waals surface area contributed by atoms with Crippen molar-refractivity contribution in [1.29, 1.82) is 0 Å². The number of rotatable bonds is 8. The number of likely N-dealkylation sites (tertiary alicyclic amines) is 1. The lowest BCUT2D eigenvalue weighted by Gasteiger charge is -2.33. The quantitative estimate of drug-likeness (QED) is 0.598. The van der Waals surface area contributed by atoms with E-state index in [2.05, 4.69) is 37.6 Å². The maximum atomic E-state index is 13.7. The molecular weight excluding hydrogens is 311 g/mol. The fourth-order valence-electron chi connectivity index (χ4n) is 3.42. The molecule has 0 aromatic heterocycles. The molecule has 2 nitrogen and oxygen atoms in total. The van der Waals surface area contributed by atoms with Crippen molar-refractivity contribution < 1.29 is 4.39 Å². The molecule has 25 heavy (non-hydrogen) atoms. The largest absolute Gasteiger partial charge is 0.385 e. The van der Waals surface area contributed by atoms with E-state index in [1.54, 1.807) is 18.2 Å². The van der Waals surface area contributed by atoms with Crippen molar-refractivity contribution >= 4 is 11.8 Å². The van der Waals surface area contributed by atoms with Crippen LogP contribution in [-0.2, 0) is 0 Å². The molecule has 140 valence electrons. The molecule has 1 fully saturated rings. The van der Waals surface area contributed by atoms with E-state index < -0.39 is 0 Å². The fraction of sp³-hybridized carbons (Fsp3) is 0.636. The number of benzene rings is 1. The van der Waals surface area contributed by atoms with Crippen LogP contribution in [0.25, 0.3) is 6.08 Å². The predicted molar refractivity (Wildman–Crippen MR) is 107 cm³/mol. The van der Waals surface area contributed by atoms with Gasteiger partial charge in [-0.25, -0.2) is 4.39 Å². The molecule has 1 aromatic rings. The third-order valence-corrected chi connectivity index (χ3v) is 5.22. The maximum absolute atomic E-state index is 13.7. The second kappa shape index (κ2) is 9.38. The number of nitrogens with one attached hydrogen (secondary N) is 1. The van der Waals surface area contributed by atoms with Crippen molar-refractivity contribution in [3.8, 4) is 0 Å². The Morgan fingerprint density at radius 3 is 2.60 bits per heavy atom. The summed E-state index contributed by atoms with van der Waals surface area (Å²) in [6, 6.07) is 5.26. The fourth-order valence-corrected chi connectivity index (χ4v) is 3.42. The van der Waals surface area contributed by atoms with Gasteiger partial charge in [0.2, 0.25) is 0 Å². The molecule has 0 spiro atoms. The minimum Gasteiger partial charge on any atom is -0.385 e. The highest BCUT2D eigenvalue weighted by Crippen LogP contribution is 2.25. The molecule has 1 aliphatic rings. The summed E-state index contributed by atoms with van der Waals surface area (Å²) >= 11 is 0. The molecule has 1 heterocycles. The van der Waals surface area contributed by atoms with Crippen LogP contribution in [0.3, 0.4) is 0 Å². The van der Waals surface area contributed by atoms with Crippen molar-refractivity contribution in [2.24, 2.45) is 11.3 Å². The Hall–Kier alpha value is -1.35. The first-order chi connectivity index (χ1) is 11.9. The molecular formula is C22H35FN2. The highest BCUT2D eigenvalue weighted by Gasteiger charge is 2.20. The Balaban J connectivity index is 1.60. The van der Waals surface area contributed by atoms with E-state index in [1.165, 1.54) is 45.3 Å². The highest BCUT2D eigenvalue weighted by atomic mass is 19.1. The van der Waals surface area contributed by atoms with Crippen LogP contribution in [-0.4, -0.2) is 31.1 Å². The van der Waals surface area contributed by atoms with Crippen LogP contribution in [0.2, 0.25) is 0 Å². The molecule has 0 bridgehead atoms. The first-order valence-electron chi connectivity index (χ1n) is 9.75. The first-order valence-corrected chi connectivity index (χ1v) is 9.75. The zero-order valence-corrected chi connectivity index (χ0v) is 16.3. The molecule has 0 amide bonds.